The number of benzene rings is 1. The maximum Gasteiger partial charge on any atom is 0.249 e. The third kappa shape index (κ3) is 2.27. The molecule has 118 valence electrons. The number of ether oxygens (including phenoxy) is 1. The second-order valence-corrected chi connectivity index (χ2v) is 5.55. The van der Waals surface area contributed by atoms with Crippen molar-refractivity contribution >= 4 is 35.3 Å². The Morgan fingerprint density at radius 2 is 2.18 bits per heavy atom. The van der Waals surface area contributed by atoms with Crippen molar-refractivity contribution in [2.45, 2.75) is 25.6 Å². The third-order valence-corrected chi connectivity index (χ3v) is 4.27. The van der Waals surface area contributed by atoms with Crippen LogP contribution >= 0.6 is 12.4 Å². The van der Waals surface area contributed by atoms with E-state index in [1.807, 2.05) is 31.2 Å². The van der Waals surface area contributed by atoms with Gasteiger partial charge in [-0.2, -0.15) is 0 Å². The number of rotatable bonds is 1. The van der Waals surface area contributed by atoms with Crippen LogP contribution in [0.5, 0.6) is 0 Å². The van der Waals surface area contributed by atoms with Crippen LogP contribution in [0.15, 0.2) is 24.3 Å². The molecule has 1 N–H and O–H groups in total. The monoisotopic (exact) mass is 322 g/mol. The number of halogens is 1. The van der Waals surface area contributed by atoms with E-state index in [4.69, 9.17) is 4.74 Å². The highest BCUT2D eigenvalue weighted by molar-refractivity contribution is 5.98. The molecule has 2 atom stereocenters. The van der Waals surface area contributed by atoms with Crippen LogP contribution < -0.4 is 10.2 Å². The summed E-state index contributed by atoms with van der Waals surface area (Å²) < 4.78 is 7.69. The molecular weight excluding hydrogens is 304 g/mol. The number of morpholine rings is 1. The van der Waals surface area contributed by atoms with Gasteiger partial charge in [-0.15, -0.1) is 12.4 Å². The lowest BCUT2D eigenvalue weighted by Gasteiger charge is -2.31. The van der Waals surface area contributed by atoms with Crippen LogP contribution in [0.2, 0.25) is 0 Å². The quantitative estimate of drug-likeness (QED) is 0.856. The Hall–Kier alpha value is -1.63. The molecule has 2 aliphatic rings. The topological polar surface area (TPSA) is 59.4 Å². The van der Waals surface area contributed by atoms with Crippen molar-refractivity contribution in [1.82, 2.24) is 14.9 Å². The Morgan fingerprint density at radius 3 is 3.00 bits per heavy atom. The Morgan fingerprint density at radius 1 is 1.36 bits per heavy atom. The number of aromatic nitrogens is 2. The lowest BCUT2D eigenvalue weighted by molar-refractivity contribution is -0.126. The fourth-order valence-corrected chi connectivity index (χ4v) is 3.18. The summed E-state index contributed by atoms with van der Waals surface area (Å²) in [6.45, 7) is 4.78. The second kappa shape index (κ2) is 5.87. The van der Waals surface area contributed by atoms with Gasteiger partial charge >= 0.3 is 0 Å². The van der Waals surface area contributed by atoms with E-state index < -0.39 is 0 Å². The van der Waals surface area contributed by atoms with Crippen LogP contribution in [0.1, 0.15) is 6.92 Å². The van der Waals surface area contributed by atoms with Crippen molar-refractivity contribution < 1.29 is 9.53 Å². The third-order valence-electron chi connectivity index (χ3n) is 4.27. The summed E-state index contributed by atoms with van der Waals surface area (Å²) in [4.78, 5) is 19.2. The van der Waals surface area contributed by atoms with Crippen LogP contribution in [0.3, 0.4) is 0 Å². The molecule has 1 saturated heterocycles. The van der Waals surface area contributed by atoms with Gasteiger partial charge in [-0.3, -0.25) is 9.69 Å². The summed E-state index contributed by atoms with van der Waals surface area (Å²) in [5.41, 5.74) is 2.02. The Bertz CT molecular complexity index is 702. The molecule has 22 heavy (non-hydrogen) atoms. The van der Waals surface area contributed by atoms with Gasteiger partial charge in [0.05, 0.1) is 23.7 Å². The van der Waals surface area contributed by atoms with Gasteiger partial charge in [-0.1, -0.05) is 12.1 Å². The molecule has 6 nitrogen and oxygen atoms in total. The van der Waals surface area contributed by atoms with E-state index in [1.54, 1.807) is 4.90 Å². The van der Waals surface area contributed by atoms with Crippen LogP contribution in [-0.4, -0.2) is 47.3 Å². The predicted molar refractivity (Wildman–Crippen MR) is 86.5 cm³/mol. The van der Waals surface area contributed by atoms with Crippen LogP contribution in [-0.2, 0) is 16.1 Å². The maximum absolute atomic E-state index is 12.8. The first-order valence-corrected chi connectivity index (χ1v) is 7.37. The van der Waals surface area contributed by atoms with Gasteiger partial charge in [0, 0.05) is 19.6 Å². The zero-order valence-corrected chi connectivity index (χ0v) is 13.2. The van der Waals surface area contributed by atoms with Gasteiger partial charge in [0.1, 0.15) is 6.04 Å². The summed E-state index contributed by atoms with van der Waals surface area (Å²) in [6, 6.07) is 7.71. The standard InChI is InChI=1S/C15H18N4O2.ClH/c1-10-13(16-6-9-21-10)14(20)19-8-7-18-12-5-3-2-4-11(12)17-15(18)19;/h2-5,10,13,16H,6-9H2,1H3;1H/t10-,13+;/m1./s1. The van der Waals surface area contributed by atoms with Gasteiger partial charge in [0.2, 0.25) is 11.9 Å². The number of hydrogen-bond acceptors (Lipinski definition) is 4. The molecule has 0 saturated carbocycles. The number of imidazole rings is 1. The smallest absolute Gasteiger partial charge is 0.249 e. The minimum Gasteiger partial charge on any atom is -0.375 e. The maximum atomic E-state index is 12.8. The number of carbonyl (C=O) groups excluding carboxylic acids is 1. The van der Waals surface area contributed by atoms with Gasteiger partial charge in [0.25, 0.3) is 0 Å². The Balaban J connectivity index is 0.00000144. The first-order chi connectivity index (χ1) is 10.3. The number of amides is 1. The van der Waals surface area contributed by atoms with Crippen LogP contribution in [0.4, 0.5) is 5.95 Å². The van der Waals surface area contributed by atoms with E-state index in [-0.39, 0.29) is 30.5 Å². The molecule has 0 bridgehead atoms. The van der Waals surface area contributed by atoms with Crippen molar-refractivity contribution in [2.24, 2.45) is 0 Å². The summed E-state index contributed by atoms with van der Waals surface area (Å²) in [6.07, 6.45) is -0.107. The zero-order valence-electron chi connectivity index (χ0n) is 12.4. The first kappa shape index (κ1) is 15.3. The predicted octanol–water partition coefficient (Wildman–Crippen LogP) is 1.18. The molecule has 1 amide bonds. The molecule has 0 unspecified atom stereocenters. The number of nitrogens with one attached hydrogen (secondary N) is 1. The lowest BCUT2D eigenvalue weighted by atomic mass is 10.1. The summed E-state index contributed by atoms with van der Waals surface area (Å²) in [5.74, 6) is 0.803. The van der Waals surface area contributed by atoms with E-state index in [1.165, 1.54) is 0 Å². The largest absolute Gasteiger partial charge is 0.375 e. The molecule has 1 aromatic heterocycles. The molecule has 4 rings (SSSR count). The Kier molecular flexibility index (Phi) is 4.08. The highest BCUT2D eigenvalue weighted by Crippen LogP contribution is 2.28. The van der Waals surface area contributed by atoms with Crippen molar-refractivity contribution in [3.05, 3.63) is 24.3 Å². The molecule has 0 aliphatic carbocycles. The molecule has 2 aromatic rings. The molecule has 2 aliphatic heterocycles. The van der Waals surface area contributed by atoms with Crippen molar-refractivity contribution in [3.63, 3.8) is 0 Å². The van der Waals surface area contributed by atoms with E-state index in [0.29, 0.717) is 19.7 Å². The fraction of sp³-hybridized carbons (Fsp3) is 0.467. The molecular formula is C15H19ClN4O2. The summed E-state index contributed by atoms with van der Waals surface area (Å²) >= 11 is 0. The van der Waals surface area contributed by atoms with E-state index >= 15 is 0 Å². The highest BCUT2D eigenvalue weighted by Gasteiger charge is 2.36. The SMILES string of the molecule is C[C@H]1OCCN[C@@H]1C(=O)N1CCn2c1nc1ccccc12.Cl. The first-order valence-electron chi connectivity index (χ1n) is 7.37. The number of fused-ring (bicyclic) bond motifs is 3. The number of nitrogens with zero attached hydrogens (tertiary/aromatic N) is 3. The van der Waals surface area contributed by atoms with Crippen LogP contribution in [0.25, 0.3) is 11.0 Å². The zero-order chi connectivity index (χ0) is 14.4. The molecule has 7 heteroatoms. The van der Waals surface area contributed by atoms with Crippen molar-refractivity contribution in [2.75, 3.05) is 24.6 Å². The number of hydrogen-bond donors (Lipinski definition) is 1. The summed E-state index contributed by atoms with van der Waals surface area (Å²) in [5, 5.41) is 3.26. The average Bonchev–Trinajstić information content (AvgIpc) is 3.06. The average molecular weight is 323 g/mol. The Labute approximate surface area is 134 Å². The number of carbonyl (C=O) groups is 1. The molecule has 1 aromatic carbocycles. The van der Waals surface area contributed by atoms with Crippen molar-refractivity contribution in [3.8, 4) is 0 Å². The number of anilines is 1. The fourth-order valence-electron chi connectivity index (χ4n) is 3.18. The molecule has 0 spiro atoms. The highest BCUT2D eigenvalue weighted by atomic mass is 35.5. The van der Waals surface area contributed by atoms with E-state index in [0.717, 1.165) is 23.5 Å². The molecule has 3 heterocycles. The van der Waals surface area contributed by atoms with E-state index in [2.05, 4.69) is 14.9 Å². The van der Waals surface area contributed by atoms with Crippen molar-refractivity contribution in [1.29, 1.82) is 0 Å². The second-order valence-electron chi connectivity index (χ2n) is 5.55. The normalized spacial score (nSPS) is 24.1. The molecule has 0 radical (unpaired) electrons. The lowest BCUT2D eigenvalue weighted by Crippen LogP contribution is -2.56. The van der Waals surface area contributed by atoms with Crippen LogP contribution in [0, 0.1) is 0 Å². The van der Waals surface area contributed by atoms with Gasteiger partial charge < -0.3 is 14.6 Å². The minimum absolute atomic E-state index is 0. The minimum atomic E-state index is -0.287. The van der Waals surface area contributed by atoms with E-state index in [9.17, 15) is 4.79 Å². The van der Waals surface area contributed by atoms with Gasteiger partial charge in [0.15, 0.2) is 0 Å². The number of para-hydroxylation sites is 2. The van der Waals surface area contributed by atoms with Gasteiger partial charge in [-0.05, 0) is 19.1 Å². The molecule has 1 fully saturated rings. The van der Waals surface area contributed by atoms with Gasteiger partial charge in [-0.25, -0.2) is 4.98 Å². The summed E-state index contributed by atoms with van der Waals surface area (Å²) in [7, 11) is 0.